The van der Waals surface area contributed by atoms with Gasteiger partial charge in [0.15, 0.2) is 0 Å². The Morgan fingerprint density at radius 2 is 1.31 bits per heavy atom. The average molecular weight is 359 g/mol. The van der Waals surface area contributed by atoms with Crippen molar-refractivity contribution in [1.29, 1.82) is 0 Å². The van der Waals surface area contributed by atoms with Gasteiger partial charge in [0.25, 0.3) is 0 Å². The molecule has 0 aliphatic carbocycles. The van der Waals surface area contributed by atoms with Crippen LogP contribution in [0.4, 0.5) is 0 Å². The third-order valence-corrected chi connectivity index (χ3v) is 4.65. The molecule has 0 heterocycles. The lowest BCUT2D eigenvalue weighted by atomic mass is 10.0. The topological polar surface area (TPSA) is 26.3 Å². The fraction of sp³-hybridized carbons (Fsp3) is 0.625. The van der Waals surface area contributed by atoms with E-state index < -0.39 is 0 Å². The second kappa shape index (κ2) is 16.9. The lowest BCUT2D eigenvalue weighted by molar-refractivity contribution is -0.133. The summed E-state index contributed by atoms with van der Waals surface area (Å²) in [5.41, 5.74) is 0. The highest BCUT2D eigenvalue weighted by Gasteiger charge is 2.00. The number of carbonyl (C=O) groups is 1. The highest BCUT2D eigenvalue weighted by molar-refractivity contribution is 5.73. The molecule has 0 saturated heterocycles. The smallest absolute Gasteiger partial charge is 0.315 e. The van der Waals surface area contributed by atoms with Gasteiger partial charge in [-0.2, -0.15) is 0 Å². The Balaban J connectivity index is 1.84. The molecular weight excluding hydrogens is 320 g/mol. The molecule has 1 rings (SSSR count). The molecule has 1 aromatic rings. The van der Waals surface area contributed by atoms with Gasteiger partial charge in [-0.15, -0.1) is 0 Å². The fourth-order valence-corrected chi connectivity index (χ4v) is 3.06. The van der Waals surface area contributed by atoms with Crippen molar-refractivity contribution in [3.63, 3.8) is 0 Å². The average Bonchev–Trinajstić information content (AvgIpc) is 2.65. The molecule has 0 unspecified atom stereocenters. The molecular formula is C24H38O2. The highest BCUT2D eigenvalue weighted by atomic mass is 16.5. The van der Waals surface area contributed by atoms with Gasteiger partial charge in [0.2, 0.25) is 0 Å². The molecule has 0 bridgehead atoms. The van der Waals surface area contributed by atoms with Crippen LogP contribution in [-0.2, 0) is 4.79 Å². The number of benzene rings is 1. The number of allylic oxidation sites excluding steroid dienone is 1. The van der Waals surface area contributed by atoms with E-state index in [4.69, 9.17) is 4.74 Å². The maximum Gasteiger partial charge on any atom is 0.315 e. The molecule has 0 atom stereocenters. The first-order chi connectivity index (χ1) is 12.8. The molecule has 0 aliphatic rings. The maximum absolute atomic E-state index is 11.7. The summed E-state index contributed by atoms with van der Waals surface area (Å²) in [6.45, 7) is 2.27. The second-order valence-electron chi connectivity index (χ2n) is 7.14. The summed E-state index contributed by atoms with van der Waals surface area (Å²) in [6.07, 6.45) is 22.0. The van der Waals surface area contributed by atoms with Crippen molar-refractivity contribution in [2.45, 2.75) is 96.8 Å². The fourth-order valence-electron chi connectivity index (χ4n) is 3.06. The van der Waals surface area contributed by atoms with E-state index in [-0.39, 0.29) is 5.97 Å². The molecule has 0 N–H and O–H groups in total. The van der Waals surface area contributed by atoms with Gasteiger partial charge in [-0.25, -0.2) is 0 Å². The predicted molar refractivity (Wildman–Crippen MR) is 112 cm³/mol. The van der Waals surface area contributed by atoms with Crippen LogP contribution in [-0.4, -0.2) is 5.97 Å². The molecule has 0 fully saturated rings. The van der Waals surface area contributed by atoms with Crippen molar-refractivity contribution < 1.29 is 9.53 Å². The Bertz CT molecular complexity index is 464. The van der Waals surface area contributed by atoms with Crippen molar-refractivity contribution in [1.82, 2.24) is 0 Å². The monoisotopic (exact) mass is 358 g/mol. The minimum atomic E-state index is -0.192. The first-order valence-electron chi connectivity index (χ1n) is 10.7. The van der Waals surface area contributed by atoms with Gasteiger partial charge in [0.05, 0.1) is 6.42 Å². The SMILES string of the molecule is CCCCCCCCCCCCCC/C=C/CC(=O)Oc1ccccc1. The molecule has 0 spiro atoms. The lowest BCUT2D eigenvalue weighted by Gasteiger charge is -2.02. The van der Waals surface area contributed by atoms with E-state index in [1.807, 2.05) is 24.3 Å². The molecule has 0 amide bonds. The van der Waals surface area contributed by atoms with Crippen LogP contribution >= 0.6 is 0 Å². The third kappa shape index (κ3) is 13.7. The highest BCUT2D eigenvalue weighted by Crippen LogP contribution is 2.13. The van der Waals surface area contributed by atoms with Crippen LogP contribution in [0.25, 0.3) is 0 Å². The third-order valence-electron chi connectivity index (χ3n) is 4.65. The number of hydrogen-bond acceptors (Lipinski definition) is 2. The molecule has 0 radical (unpaired) electrons. The van der Waals surface area contributed by atoms with Gasteiger partial charge in [0, 0.05) is 0 Å². The number of hydrogen-bond donors (Lipinski definition) is 0. The standard InChI is InChI=1S/C24H38O2/c1-2-3-4-5-6-7-8-9-10-11-12-13-14-15-19-22-24(25)26-23-20-17-16-18-21-23/h15-21H,2-14,22H2,1H3/b19-15+. The molecule has 1 aromatic carbocycles. The van der Waals surface area contributed by atoms with E-state index in [9.17, 15) is 4.79 Å². The molecule has 0 saturated carbocycles. The summed E-state index contributed by atoms with van der Waals surface area (Å²) in [4.78, 5) is 11.7. The molecule has 0 aromatic heterocycles. The Morgan fingerprint density at radius 1 is 0.769 bits per heavy atom. The lowest BCUT2D eigenvalue weighted by Crippen LogP contribution is -2.05. The Hall–Kier alpha value is -1.57. The van der Waals surface area contributed by atoms with Crippen LogP contribution in [0.5, 0.6) is 5.75 Å². The van der Waals surface area contributed by atoms with Gasteiger partial charge < -0.3 is 4.74 Å². The van der Waals surface area contributed by atoms with Crippen LogP contribution in [0.1, 0.15) is 96.8 Å². The van der Waals surface area contributed by atoms with Crippen molar-refractivity contribution in [3.8, 4) is 5.75 Å². The van der Waals surface area contributed by atoms with Crippen LogP contribution in [0, 0.1) is 0 Å². The molecule has 2 nitrogen and oxygen atoms in total. The van der Waals surface area contributed by atoms with E-state index >= 15 is 0 Å². The largest absolute Gasteiger partial charge is 0.426 e. The summed E-state index contributed by atoms with van der Waals surface area (Å²) in [5.74, 6) is 0.425. The summed E-state index contributed by atoms with van der Waals surface area (Å²) in [7, 11) is 0. The second-order valence-corrected chi connectivity index (χ2v) is 7.14. The number of para-hydroxylation sites is 1. The Kier molecular flexibility index (Phi) is 14.6. The van der Waals surface area contributed by atoms with E-state index in [0.717, 1.165) is 6.42 Å². The first-order valence-corrected chi connectivity index (χ1v) is 10.7. The summed E-state index contributed by atoms with van der Waals surface area (Å²) in [6, 6.07) is 9.24. The zero-order chi connectivity index (χ0) is 18.7. The van der Waals surface area contributed by atoms with Gasteiger partial charge in [0.1, 0.15) is 5.75 Å². The van der Waals surface area contributed by atoms with Crippen LogP contribution in [0.2, 0.25) is 0 Å². The van der Waals surface area contributed by atoms with Crippen molar-refractivity contribution in [2.24, 2.45) is 0 Å². The number of unbranched alkanes of at least 4 members (excludes halogenated alkanes) is 12. The van der Waals surface area contributed by atoms with E-state index in [1.54, 1.807) is 12.1 Å². The van der Waals surface area contributed by atoms with Crippen LogP contribution in [0.3, 0.4) is 0 Å². The van der Waals surface area contributed by atoms with Crippen LogP contribution in [0.15, 0.2) is 42.5 Å². The predicted octanol–water partition coefficient (Wildman–Crippen LogP) is 7.63. The number of carbonyl (C=O) groups excluding carboxylic acids is 1. The zero-order valence-electron chi connectivity index (χ0n) is 16.8. The quantitative estimate of drug-likeness (QED) is 0.131. The molecule has 2 heteroatoms. The van der Waals surface area contributed by atoms with E-state index in [2.05, 4.69) is 13.0 Å². The Labute approximate surface area is 161 Å². The summed E-state index contributed by atoms with van der Waals surface area (Å²) < 4.78 is 5.24. The number of esters is 1. The first kappa shape index (κ1) is 22.5. The number of rotatable bonds is 16. The molecule has 0 aliphatic heterocycles. The van der Waals surface area contributed by atoms with Crippen molar-refractivity contribution in [3.05, 3.63) is 42.5 Å². The molecule has 26 heavy (non-hydrogen) atoms. The van der Waals surface area contributed by atoms with Gasteiger partial charge in [-0.1, -0.05) is 108 Å². The van der Waals surface area contributed by atoms with E-state index in [0.29, 0.717) is 12.2 Å². The zero-order valence-corrected chi connectivity index (χ0v) is 16.8. The normalized spacial score (nSPS) is 11.1. The van der Waals surface area contributed by atoms with E-state index in [1.165, 1.54) is 77.0 Å². The van der Waals surface area contributed by atoms with Gasteiger partial charge >= 0.3 is 5.97 Å². The van der Waals surface area contributed by atoms with Crippen LogP contribution < -0.4 is 4.74 Å². The summed E-state index contributed by atoms with van der Waals surface area (Å²) in [5, 5.41) is 0. The Morgan fingerprint density at radius 3 is 1.88 bits per heavy atom. The number of ether oxygens (including phenoxy) is 1. The minimum Gasteiger partial charge on any atom is -0.426 e. The summed E-state index contributed by atoms with van der Waals surface area (Å²) >= 11 is 0. The maximum atomic E-state index is 11.7. The molecule has 146 valence electrons. The van der Waals surface area contributed by atoms with Gasteiger partial charge in [-0.3, -0.25) is 4.79 Å². The van der Waals surface area contributed by atoms with Crippen molar-refractivity contribution >= 4 is 5.97 Å². The minimum absolute atomic E-state index is 0.192. The van der Waals surface area contributed by atoms with Gasteiger partial charge in [-0.05, 0) is 25.0 Å². The van der Waals surface area contributed by atoms with Crippen molar-refractivity contribution in [2.75, 3.05) is 0 Å².